The van der Waals surface area contributed by atoms with E-state index in [0.29, 0.717) is 18.1 Å². The number of carbonyl (C=O) groups excluding carboxylic acids is 3. The van der Waals surface area contributed by atoms with Crippen molar-refractivity contribution in [1.82, 2.24) is 25.5 Å². The molecule has 4 aromatic carbocycles. The number of alkyl carbamates (subject to hydrolysis) is 1. The molecule has 5 rings (SSSR count). The van der Waals surface area contributed by atoms with E-state index in [4.69, 9.17) is 9.47 Å². The lowest BCUT2D eigenvalue weighted by atomic mass is 10.0. The van der Waals surface area contributed by atoms with Crippen LogP contribution in [-0.4, -0.2) is 52.4 Å². The number of aromatic amines is 1. The molecule has 0 saturated carbocycles. The number of carbonyl (C=O) groups is 3. The minimum Gasteiger partial charge on any atom is -0.489 e. The number of imidazole rings is 1. The van der Waals surface area contributed by atoms with Gasteiger partial charge in [-0.1, -0.05) is 103 Å². The normalized spacial score (nSPS) is 11.7. The lowest BCUT2D eigenvalue weighted by molar-refractivity contribution is -0.137. The fraction of sp³-hybridized carbons (Fsp3) is 0.205. The molecule has 1 unspecified atom stereocenters. The van der Waals surface area contributed by atoms with Gasteiger partial charge in [0.05, 0.1) is 36.5 Å². The van der Waals surface area contributed by atoms with Crippen molar-refractivity contribution >= 4 is 17.9 Å². The van der Waals surface area contributed by atoms with Gasteiger partial charge in [0.25, 0.3) is 0 Å². The molecule has 1 heterocycles. The third kappa shape index (κ3) is 10.6. The van der Waals surface area contributed by atoms with E-state index in [-0.39, 0.29) is 32.8 Å². The number of hydrogen-bond donors (Lipinski definition) is 3. The topological polar surface area (TPSA) is 149 Å². The van der Waals surface area contributed by atoms with Gasteiger partial charge in [0.1, 0.15) is 19.0 Å². The van der Waals surface area contributed by atoms with Crippen molar-refractivity contribution < 1.29 is 23.9 Å². The zero-order valence-electron chi connectivity index (χ0n) is 27.4. The Morgan fingerprint density at radius 3 is 2.04 bits per heavy atom. The van der Waals surface area contributed by atoms with Gasteiger partial charge in [-0.2, -0.15) is 5.26 Å². The molecule has 0 fully saturated rings. The average molecular weight is 671 g/mol. The van der Waals surface area contributed by atoms with Crippen molar-refractivity contribution in [2.24, 2.45) is 0 Å². The lowest BCUT2D eigenvalue weighted by Crippen LogP contribution is -2.45. The Morgan fingerprint density at radius 1 is 0.780 bits per heavy atom. The van der Waals surface area contributed by atoms with Crippen LogP contribution < -0.4 is 15.4 Å². The molecule has 50 heavy (non-hydrogen) atoms. The number of nitriles is 1. The molecule has 0 aliphatic carbocycles. The largest absolute Gasteiger partial charge is 0.489 e. The molecule has 0 bridgehead atoms. The van der Waals surface area contributed by atoms with E-state index in [1.165, 1.54) is 11.2 Å². The fourth-order valence-corrected chi connectivity index (χ4v) is 5.19. The maximum atomic E-state index is 14.2. The number of nitrogens with zero attached hydrogens (tertiary/aromatic N) is 3. The van der Waals surface area contributed by atoms with Crippen molar-refractivity contribution in [2.75, 3.05) is 19.6 Å². The summed E-state index contributed by atoms with van der Waals surface area (Å²) in [6, 6.07) is 37.8. The molecule has 3 amide bonds. The third-order valence-electron chi connectivity index (χ3n) is 7.89. The monoisotopic (exact) mass is 670 g/mol. The number of benzene rings is 4. The number of rotatable bonds is 16. The van der Waals surface area contributed by atoms with Gasteiger partial charge in [0.15, 0.2) is 0 Å². The molecule has 11 heteroatoms. The Bertz CT molecular complexity index is 1830. The standard InChI is InChI=1S/C39H38N6O5/c40-20-33(32-14-8-3-9-15-32)21-42-37(46)25-45(24-29-16-18-34(19-17-29)49-26-30-10-4-1-5-11-30)38(47)35(36-23-41-28-44-36)22-43-39(48)50-27-31-12-6-2-7-13-31/h1-19,23,28,33,35H,21-22,24-27H2,(H,41,44)(H,42,46)(H,43,48)/t33?,35-/m0/s1. The van der Waals surface area contributed by atoms with Crippen LogP contribution in [0.25, 0.3) is 0 Å². The molecular formula is C39H38N6O5. The number of amides is 3. The molecule has 5 aromatic rings. The molecule has 0 spiro atoms. The molecule has 0 aliphatic rings. The summed E-state index contributed by atoms with van der Waals surface area (Å²) >= 11 is 0. The van der Waals surface area contributed by atoms with Crippen molar-refractivity contribution in [3.63, 3.8) is 0 Å². The summed E-state index contributed by atoms with van der Waals surface area (Å²) in [5.74, 6) is -1.70. The van der Waals surface area contributed by atoms with E-state index < -0.39 is 29.7 Å². The summed E-state index contributed by atoms with van der Waals surface area (Å²) in [6.07, 6.45) is 2.33. The summed E-state index contributed by atoms with van der Waals surface area (Å²) in [6.45, 7) is 0.225. The van der Waals surface area contributed by atoms with E-state index in [2.05, 4.69) is 26.7 Å². The Labute approximate surface area is 290 Å². The van der Waals surface area contributed by atoms with Crippen LogP contribution in [0.3, 0.4) is 0 Å². The molecule has 254 valence electrons. The van der Waals surface area contributed by atoms with E-state index >= 15 is 0 Å². The van der Waals surface area contributed by atoms with Crippen molar-refractivity contribution in [3.8, 4) is 11.8 Å². The second-order valence-corrected chi connectivity index (χ2v) is 11.5. The quantitative estimate of drug-likeness (QED) is 0.126. The van der Waals surface area contributed by atoms with Gasteiger partial charge in [-0.15, -0.1) is 0 Å². The maximum Gasteiger partial charge on any atom is 0.407 e. The second-order valence-electron chi connectivity index (χ2n) is 11.5. The molecule has 11 nitrogen and oxygen atoms in total. The van der Waals surface area contributed by atoms with Crippen LogP contribution in [0, 0.1) is 11.3 Å². The number of aromatic nitrogens is 2. The number of H-pyrrole nitrogens is 1. The van der Waals surface area contributed by atoms with Crippen LogP contribution in [0.15, 0.2) is 128 Å². The van der Waals surface area contributed by atoms with Gasteiger partial charge in [-0.3, -0.25) is 9.59 Å². The highest BCUT2D eigenvalue weighted by Crippen LogP contribution is 2.20. The third-order valence-corrected chi connectivity index (χ3v) is 7.89. The van der Waals surface area contributed by atoms with Crippen LogP contribution in [0.2, 0.25) is 0 Å². The van der Waals surface area contributed by atoms with Gasteiger partial charge < -0.3 is 30.0 Å². The Hall–Kier alpha value is -6.41. The van der Waals surface area contributed by atoms with E-state index in [1.807, 2.05) is 115 Å². The Kier molecular flexibility index (Phi) is 12.7. The zero-order chi connectivity index (χ0) is 35.0. The Morgan fingerprint density at radius 2 is 1.42 bits per heavy atom. The highest BCUT2D eigenvalue weighted by atomic mass is 16.5. The number of ether oxygens (including phenoxy) is 2. The van der Waals surface area contributed by atoms with Crippen LogP contribution in [0.1, 0.15) is 39.8 Å². The van der Waals surface area contributed by atoms with Gasteiger partial charge in [0.2, 0.25) is 11.8 Å². The molecule has 0 saturated heterocycles. The summed E-state index contributed by atoms with van der Waals surface area (Å²) in [4.78, 5) is 48.8. The molecule has 0 radical (unpaired) electrons. The first-order chi connectivity index (χ1) is 24.5. The lowest BCUT2D eigenvalue weighted by Gasteiger charge is -2.27. The molecule has 3 N–H and O–H groups in total. The van der Waals surface area contributed by atoms with E-state index in [1.54, 1.807) is 6.20 Å². The van der Waals surface area contributed by atoms with Gasteiger partial charge in [0, 0.05) is 25.8 Å². The SMILES string of the molecule is N#CC(CNC(=O)CN(Cc1ccc(OCc2ccccc2)cc1)C(=O)[C@@H](CNC(=O)OCc1ccccc1)c1c[nH]cn1)c1ccccc1. The average Bonchev–Trinajstić information content (AvgIpc) is 3.70. The minimum absolute atomic E-state index is 0.0672. The van der Waals surface area contributed by atoms with Crippen molar-refractivity contribution in [3.05, 3.63) is 156 Å². The molecular weight excluding hydrogens is 632 g/mol. The van der Waals surface area contributed by atoms with Crippen LogP contribution >= 0.6 is 0 Å². The van der Waals surface area contributed by atoms with Crippen molar-refractivity contribution in [1.29, 1.82) is 5.26 Å². The first kappa shape index (κ1) is 34.9. The summed E-state index contributed by atoms with van der Waals surface area (Å²) in [5.41, 5.74) is 3.78. The van der Waals surface area contributed by atoms with Crippen LogP contribution in [-0.2, 0) is 34.1 Å². The van der Waals surface area contributed by atoms with Crippen molar-refractivity contribution in [2.45, 2.75) is 31.6 Å². The predicted molar refractivity (Wildman–Crippen MR) is 186 cm³/mol. The minimum atomic E-state index is -0.928. The van der Waals surface area contributed by atoms with Gasteiger partial charge in [-0.25, -0.2) is 9.78 Å². The first-order valence-electron chi connectivity index (χ1n) is 16.2. The zero-order valence-corrected chi connectivity index (χ0v) is 27.4. The Balaban J connectivity index is 1.28. The summed E-state index contributed by atoms with van der Waals surface area (Å²) in [7, 11) is 0. The first-order valence-corrected chi connectivity index (χ1v) is 16.2. The smallest absolute Gasteiger partial charge is 0.407 e. The highest BCUT2D eigenvalue weighted by Gasteiger charge is 2.30. The molecule has 0 aliphatic heterocycles. The van der Waals surface area contributed by atoms with Crippen LogP contribution in [0.4, 0.5) is 4.79 Å². The predicted octanol–water partition coefficient (Wildman–Crippen LogP) is 5.45. The fourth-order valence-electron chi connectivity index (χ4n) is 5.19. The van der Waals surface area contributed by atoms with E-state index in [0.717, 1.165) is 22.3 Å². The molecule has 1 aromatic heterocycles. The number of nitrogens with one attached hydrogen (secondary N) is 3. The summed E-state index contributed by atoms with van der Waals surface area (Å²) < 4.78 is 11.3. The summed E-state index contributed by atoms with van der Waals surface area (Å²) in [5, 5.41) is 15.2. The van der Waals surface area contributed by atoms with Gasteiger partial charge >= 0.3 is 6.09 Å². The van der Waals surface area contributed by atoms with Gasteiger partial charge in [-0.05, 0) is 34.4 Å². The second kappa shape index (κ2) is 18.2. The molecule has 2 atom stereocenters. The highest BCUT2D eigenvalue weighted by molar-refractivity contribution is 5.89. The number of hydrogen-bond acceptors (Lipinski definition) is 7. The maximum absolute atomic E-state index is 14.2. The van der Waals surface area contributed by atoms with Crippen LogP contribution in [0.5, 0.6) is 5.75 Å². The van der Waals surface area contributed by atoms with E-state index in [9.17, 15) is 19.6 Å².